The van der Waals surface area contributed by atoms with Crippen LogP contribution in [-0.4, -0.2) is 37.9 Å². The molecule has 0 N–H and O–H groups in total. The van der Waals surface area contributed by atoms with Gasteiger partial charge in [-0.2, -0.15) is 0 Å². The Labute approximate surface area is 283 Å². The molecule has 0 fully saturated rings. The smallest absolute Gasteiger partial charge is 0.0632 e. The average Bonchev–Trinajstić information content (AvgIpc) is 3.44. The van der Waals surface area contributed by atoms with E-state index in [0.717, 1.165) is 42.0 Å². The van der Waals surface area contributed by atoms with Crippen LogP contribution in [0.4, 0.5) is 5.69 Å². The molecule has 47 heavy (non-hydrogen) atoms. The molecule has 2 aliphatic carbocycles. The van der Waals surface area contributed by atoms with Gasteiger partial charge in [0.05, 0.1) is 11.4 Å². The van der Waals surface area contributed by atoms with Crippen molar-refractivity contribution in [3.8, 4) is 0 Å². The molecule has 0 saturated heterocycles. The van der Waals surface area contributed by atoms with Gasteiger partial charge in [-0.3, -0.25) is 20.0 Å². The van der Waals surface area contributed by atoms with Gasteiger partial charge in [0, 0.05) is 43.9 Å². The van der Waals surface area contributed by atoms with Crippen molar-refractivity contribution in [1.29, 1.82) is 0 Å². The molecule has 0 aromatic heterocycles. The van der Waals surface area contributed by atoms with E-state index in [9.17, 15) is 0 Å². The van der Waals surface area contributed by atoms with Gasteiger partial charge >= 0.3 is 0 Å². The Morgan fingerprint density at radius 2 is 1.28 bits per heavy atom. The van der Waals surface area contributed by atoms with Crippen LogP contribution in [0.2, 0.25) is 0 Å². The molecule has 4 nitrogen and oxygen atoms in total. The van der Waals surface area contributed by atoms with Crippen LogP contribution in [0, 0.1) is 12.8 Å². The largest absolute Gasteiger partial charge is 0.293 e. The topological polar surface area (TPSA) is 49.4 Å². The van der Waals surface area contributed by atoms with Crippen LogP contribution in [0.5, 0.6) is 0 Å². The lowest BCUT2D eigenvalue weighted by molar-refractivity contribution is 0.555. The molecular weight excluding hydrogens is 573 g/mol. The molecule has 0 spiro atoms. The number of allylic oxidation sites excluding steroid dienone is 3. The van der Waals surface area contributed by atoms with E-state index in [1.165, 1.54) is 86.5 Å². The monoisotopic (exact) mass is 624 g/mol. The number of benzene rings is 3. The number of unbranched alkanes of at least 4 members (excludes halogenated alkanes) is 9. The first-order chi connectivity index (χ1) is 23.2. The first-order valence-corrected chi connectivity index (χ1v) is 17.9. The van der Waals surface area contributed by atoms with Crippen molar-refractivity contribution in [2.45, 2.75) is 90.4 Å². The lowest BCUT2D eigenvalue weighted by Crippen LogP contribution is -2.06. The first kappa shape index (κ1) is 34.2. The predicted octanol–water partition coefficient (Wildman–Crippen LogP) is 11.0. The lowest BCUT2D eigenvalue weighted by atomic mass is 9.88. The summed E-state index contributed by atoms with van der Waals surface area (Å²) in [6.45, 7) is 5.94. The van der Waals surface area contributed by atoms with Crippen LogP contribution in [0.25, 0.3) is 0 Å². The van der Waals surface area contributed by atoms with Crippen LogP contribution >= 0.6 is 0 Å². The molecule has 0 saturated carbocycles. The number of hydrogen-bond acceptors (Lipinski definition) is 4. The molecule has 0 radical (unpaired) electrons. The highest BCUT2D eigenvalue weighted by Crippen LogP contribution is 2.43. The predicted molar refractivity (Wildman–Crippen MR) is 204 cm³/mol. The standard InChI is InChI=1S/C43H52N4/c1-3-46-40-20-22-42-38(29-40)28-39-30-41(21-23-43(39)42)47-33-37-19-15-18-36(27-37)32-45-25-13-11-9-7-5-4-6-8-10-12-24-44-31-35-17-14-16-34(2)26-35/h3,14-23,26-27,29-33,38,42H,4-13,24-25,28H2,1-2H3/b44-31?,45-32-,46-3?,47-33?. The molecule has 0 amide bonds. The normalized spacial score (nSPS) is 17.4. The third-order valence-corrected chi connectivity index (χ3v) is 9.16. The highest BCUT2D eigenvalue weighted by Gasteiger charge is 2.31. The maximum atomic E-state index is 4.81. The van der Waals surface area contributed by atoms with E-state index in [-0.39, 0.29) is 0 Å². The summed E-state index contributed by atoms with van der Waals surface area (Å²) in [6.07, 6.45) is 28.7. The van der Waals surface area contributed by atoms with Crippen molar-refractivity contribution in [2.75, 3.05) is 13.1 Å². The molecule has 3 aromatic carbocycles. The molecule has 2 atom stereocenters. The third-order valence-electron chi connectivity index (χ3n) is 9.16. The van der Waals surface area contributed by atoms with Gasteiger partial charge in [0.15, 0.2) is 0 Å². The van der Waals surface area contributed by atoms with Gasteiger partial charge in [0.2, 0.25) is 0 Å². The highest BCUT2D eigenvalue weighted by molar-refractivity contribution is 5.87. The van der Waals surface area contributed by atoms with E-state index < -0.39 is 0 Å². The highest BCUT2D eigenvalue weighted by atomic mass is 14.7. The molecule has 0 heterocycles. The SMILES string of the molecule is CC=NC1=CC2Cc3cc(N=Cc4cccc(/C=N\CCCCCCCCCCCCN=Cc5cccc(C)c5)c4)ccc3C2C=C1. The maximum Gasteiger partial charge on any atom is 0.0632 e. The van der Waals surface area contributed by atoms with Gasteiger partial charge in [0.25, 0.3) is 0 Å². The molecule has 0 aliphatic heterocycles. The summed E-state index contributed by atoms with van der Waals surface area (Å²) in [5.41, 5.74) is 9.65. The van der Waals surface area contributed by atoms with Gasteiger partial charge in [-0.25, -0.2) is 0 Å². The Bertz CT molecular complexity index is 1610. The van der Waals surface area contributed by atoms with E-state index in [2.05, 4.69) is 102 Å². The lowest BCUT2D eigenvalue weighted by Gasteiger charge is -2.17. The Morgan fingerprint density at radius 3 is 1.94 bits per heavy atom. The Morgan fingerprint density at radius 1 is 0.660 bits per heavy atom. The summed E-state index contributed by atoms with van der Waals surface area (Å²) in [6, 6.07) is 23.7. The Hall–Kier alpha value is -4.18. The van der Waals surface area contributed by atoms with Crippen molar-refractivity contribution in [3.63, 3.8) is 0 Å². The Balaban J connectivity index is 0.913. The second-order valence-electron chi connectivity index (χ2n) is 13.1. The van der Waals surface area contributed by atoms with Crippen LogP contribution in [-0.2, 0) is 6.42 Å². The van der Waals surface area contributed by atoms with Crippen molar-refractivity contribution in [2.24, 2.45) is 25.9 Å². The maximum absolute atomic E-state index is 4.81. The molecule has 5 rings (SSSR count). The van der Waals surface area contributed by atoms with Crippen molar-refractivity contribution >= 4 is 30.5 Å². The van der Waals surface area contributed by atoms with Crippen LogP contribution in [0.1, 0.15) is 110 Å². The number of hydrogen-bond donors (Lipinski definition) is 0. The molecule has 244 valence electrons. The molecular formula is C43H52N4. The number of fused-ring (bicyclic) bond motifs is 3. The molecule has 4 heteroatoms. The van der Waals surface area contributed by atoms with Crippen LogP contribution in [0.15, 0.2) is 111 Å². The number of nitrogens with zero attached hydrogens (tertiary/aromatic N) is 4. The zero-order valence-corrected chi connectivity index (χ0v) is 28.5. The zero-order valence-electron chi connectivity index (χ0n) is 28.5. The second-order valence-corrected chi connectivity index (χ2v) is 13.1. The van der Waals surface area contributed by atoms with Gasteiger partial charge in [-0.15, -0.1) is 0 Å². The quantitative estimate of drug-likeness (QED) is 0.0999. The molecule has 2 aliphatic rings. The molecule has 3 aromatic rings. The fraction of sp³-hybridized carbons (Fsp3) is 0.395. The minimum absolute atomic E-state index is 0.460. The van der Waals surface area contributed by atoms with E-state index >= 15 is 0 Å². The summed E-state index contributed by atoms with van der Waals surface area (Å²) in [4.78, 5) is 18.6. The van der Waals surface area contributed by atoms with Gasteiger partial charge < -0.3 is 0 Å². The second kappa shape index (κ2) is 18.8. The summed E-state index contributed by atoms with van der Waals surface area (Å²) in [5.74, 6) is 0.956. The summed E-state index contributed by atoms with van der Waals surface area (Å²) in [5, 5.41) is 0. The average molecular weight is 625 g/mol. The molecule has 0 bridgehead atoms. The summed E-state index contributed by atoms with van der Waals surface area (Å²) in [7, 11) is 0. The number of aliphatic imine (C=N–C) groups is 4. The minimum atomic E-state index is 0.460. The number of rotatable bonds is 18. The minimum Gasteiger partial charge on any atom is -0.293 e. The van der Waals surface area contributed by atoms with E-state index in [0.29, 0.717) is 11.8 Å². The summed E-state index contributed by atoms with van der Waals surface area (Å²) >= 11 is 0. The summed E-state index contributed by atoms with van der Waals surface area (Å²) < 4.78 is 0. The first-order valence-electron chi connectivity index (χ1n) is 17.9. The zero-order chi connectivity index (χ0) is 32.5. The van der Waals surface area contributed by atoms with E-state index in [1.54, 1.807) is 0 Å². The van der Waals surface area contributed by atoms with Crippen molar-refractivity contribution < 1.29 is 0 Å². The van der Waals surface area contributed by atoms with E-state index in [1.807, 2.05) is 31.8 Å². The van der Waals surface area contributed by atoms with Crippen molar-refractivity contribution in [1.82, 2.24) is 0 Å². The van der Waals surface area contributed by atoms with Crippen LogP contribution < -0.4 is 0 Å². The third kappa shape index (κ3) is 11.2. The van der Waals surface area contributed by atoms with E-state index in [4.69, 9.17) is 9.98 Å². The van der Waals surface area contributed by atoms with Crippen molar-refractivity contribution in [3.05, 3.63) is 124 Å². The fourth-order valence-corrected chi connectivity index (χ4v) is 6.69. The molecule has 2 unspecified atom stereocenters. The van der Waals surface area contributed by atoms with Gasteiger partial charge in [-0.1, -0.05) is 118 Å². The van der Waals surface area contributed by atoms with Gasteiger partial charge in [-0.05, 0) is 91.1 Å². The number of aryl methyl sites for hydroxylation is 1. The fourth-order valence-electron chi connectivity index (χ4n) is 6.69. The Kier molecular flexibility index (Phi) is 13.7. The van der Waals surface area contributed by atoms with Crippen LogP contribution in [0.3, 0.4) is 0 Å². The van der Waals surface area contributed by atoms with Gasteiger partial charge in [0.1, 0.15) is 0 Å².